The largest absolute Gasteiger partial charge is 0.297 e. The second-order valence-electron chi connectivity index (χ2n) is 4.47. The summed E-state index contributed by atoms with van der Waals surface area (Å²) in [6.45, 7) is 0. The SMILES string of the molecule is CSc1nc2sc(C=O)c(-c3ccc(Cl)cc3)n2c(=O)c1C#N. The Hall–Kier alpha value is -2.14. The number of aromatic nitrogens is 2. The molecule has 0 unspecified atom stereocenters. The van der Waals surface area contributed by atoms with Gasteiger partial charge in [-0.2, -0.15) is 5.26 Å². The van der Waals surface area contributed by atoms with E-state index >= 15 is 0 Å². The van der Waals surface area contributed by atoms with E-state index in [4.69, 9.17) is 11.6 Å². The van der Waals surface area contributed by atoms with E-state index < -0.39 is 5.56 Å². The zero-order valence-corrected chi connectivity index (χ0v) is 14.1. The van der Waals surface area contributed by atoms with Crippen molar-refractivity contribution in [3.63, 3.8) is 0 Å². The summed E-state index contributed by atoms with van der Waals surface area (Å²) >= 11 is 8.23. The minimum atomic E-state index is -0.476. The number of thioether (sulfide) groups is 1. The number of carbonyl (C=O) groups excluding carboxylic acids is 1. The Morgan fingerprint density at radius 1 is 1.39 bits per heavy atom. The number of nitrogens with zero attached hydrogens (tertiary/aromatic N) is 3. The van der Waals surface area contributed by atoms with Crippen LogP contribution in [0.15, 0.2) is 34.1 Å². The molecule has 1 aromatic carbocycles. The fourth-order valence-corrected chi connectivity index (χ4v) is 3.86. The molecule has 0 amide bonds. The molecule has 3 aromatic rings. The molecule has 8 heteroatoms. The zero-order valence-electron chi connectivity index (χ0n) is 11.7. The number of rotatable bonds is 3. The summed E-state index contributed by atoms with van der Waals surface area (Å²) in [6.07, 6.45) is 2.43. The maximum Gasteiger partial charge on any atom is 0.278 e. The molecule has 0 spiro atoms. The van der Waals surface area contributed by atoms with Crippen LogP contribution in [0.2, 0.25) is 5.02 Å². The Balaban J connectivity index is 2.46. The number of fused-ring (bicyclic) bond motifs is 1. The fraction of sp³-hybridized carbons (Fsp3) is 0.0667. The number of carbonyl (C=O) groups is 1. The van der Waals surface area contributed by atoms with Crippen molar-refractivity contribution in [3.8, 4) is 17.3 Å². The van der Waals surface area contributed by atoms with Crippen LogP contribution in [0, 0.1) is 11.3 Å². The van der Waals surface area contributed by atoms with Crippen LogP contribution in [0.4, 0.5) is 0 Å². The third-order valence-corrected chi connectivity index (χ3v) is 5.11. The molecule has 3 rings (SSSR count). The van der Waals surface area contributed by atoms with Crippen molar-refractivity contribution in [2.75, 3.05) is 6.26 Å². The van der Waals surface area contributed by atoms with E-state index in [0.29, 0.717) is 37.4 Å². The monoisotopic (exact) mass is 361 g/mol. The van der Waals surface area contributed by atoms with Crippen LogP contribution in [0.5, 0.6) is 0 Å². The van der Waals surface area contributed by atoms with Crippen molar-refractivity contribution in [2.45, 2.75) is 5.03 Å². The molecule has 2 aromatic heterocycles. The highest BCUT2D eigenvalue weighted by molar-refractivity contribution is 7.98. The molecule has 0 radical (unpaired) electrons. The number of aldehydes is 1. The Morgan fingerprint density at radius 3 is 2.65 bits per heavy atom. The first kappa shape index (κ1) is 15.7. The lowest BCUT2D eigenvalue weighted by molar-refractivity contribution is 0.112. The first-order valence-corrected chi connectivity index (χ1v) is 8.77. The molecule has 5 nitrogen and oxygen atoms in total. The van der Waals surface area contributed by atoms with Crippen molar-refractivity contribution in [3.05, 3.63) is 50.1 Å². The van der Waals surface area contributed by atoms with Gasteiger partial charge in [0.15, 0.2) is 11.2 Å². The van der Waals surface area contributed by atoms with Crippen molar-refractivity contribution >= 4 is 45.9 Å². The van der Waals surface area contributed by atoms with E-state index in [1.165, 1.54) is 16.2 Å². The Bertz CT molecular complexity index is 1020. The minimum absolute atomic E-state index is 0.0273. The summed E-state index contributed by atoms with van der Waals surface area (Å²) in [7, 11) is 0. The standard InChI is InChI=1S/C15H8ClN3O2S2/c1-22-13-10(6-17)14(21)19-12(8-2-4-9(16)5-3-8)11(7-20)23-15(19)18-13/h2-5,7H,1H3. The van der Waals surface area contributed by atoms with Gasteiger partial charge >= 0.3 is 0 Å². The quantitative estimate of drug-likeness (QED) is 0.405. The van der Waals surface area contributed by atoms with Crippen LogP contribution in [-0.2, 0) is 0 Å². The molecule has 0 aliphatic carbocycles. The summed E-state index contributed by atoms with van der Waals surface area (Å²) in [5.74, 6) is 0. The maximum atomic E-state index is 12.7. The van der Waals surface area contributed by atoms with Gasteiger partial charge in [-0.25, -0.2) is 9.38 Å². The molecule has 0 aliphatic heterocycles. The van der Waals surface area contributed by atoms with Crippen LogP contribution in [0.1, 0.15) is 15.2 Å². The van der Waals surface area contributed by atoms with Gasteiger partial charge in [0.1, 0.15) is 16.7 Å². The molecule has 0 saturated heterocycles. The topological polar surface area (TPSA) is 75.2 Å². The van der Waals surface area contributed by atoms with Gasteiger partial charge in [0.2, 0.25) is 0 Å². The number of halogens is 1. The number of nitriles is 1. The van der Waals surface area contributed by atoms with Gasteiger partial charge in [-0.15, -0.1) is 11.8 Å². The highest BCUT2D eigenvalue weighted by Gasteiger charge is 2.20. The van der Waals surface area contributed by atoms with Gasteiger partial charge in [-0.1, -0.05) is 35.1 Å². The summed E-state index contributed by atoms with van der Waals surface area (Å²) in [6, 6.07) is 8.69. The first-order chi connectivity index (χ1) is 11.1. The van der Waals surface area contributed by atoms with Crippen molar-refractivity contribution in [1.29, 1.82) is 5.26 Å². The van der Waals surface area contributed by atoms with Crippen LogP contribution < -0.4 is 5.56 Å². The Kier molecular flexibility index (Phi) is 4.22. The Morgan fingerprint density at radius 2 is 2.09 bits per heavy atom. The molecule has 0 atom stereocenters. The molecule has 0 bridgehead atoms. The molecular formula is C15H8ClN3O2S2. The molecule has 114 valence electrons. The lowest BCUT2D eigenvalue weighted by Gasteiger charge is -2.05. The van der Waals surface area contributed by atoms with Gasteiger partial charge in [0.25, 0.3) is 5.56 Å². The average molecular weight is 362 g/mol. The Labute approximate surface area is 144 Å². The summed E-state index contributed by atoms with van der Waals surface area (Å²) < 4.78 is 1.32. The molecule has 0 N–H and O–H groups in total. The highest BCUT2D eigenvalue weighted by Crippen LogP contribution is 2.31. The third-order valence-electron chi connectivity index (χ3n) is 3.21. The molecular weight excluding hydrogens is 354 g/mol. The predicted octanol–water partition coefficient (Wildman–Crippen LogP) is 3.48. The van der Waals surface area contributed by atoms with E-state index in [1.807, 2.05) is 6.07 Å². The van der Waals surface area contributed by atoms with Crippen molar-refractivity contribution in [1.82, 2.24) is 9.38 Å². The second kappa shape index (κ2) is 6.16. The van der Waals surface area contributed by atoms with Gasteiger partial charge in [0, 0.05) is 10.6 Å². The summed E-state index contributed by atoms with van der Waals surface area (Å²) in [5, 5.41) is 10.2. The average Bonchev–Trinajstić information content (AvgIpc) is 2.94. The van der Waals surface area contributed by atoms with Gasteiger partial charge in [0.05, 0.1) is 10.6 Å². The minimum Gasteiger partial charge on any atom is -0.297 e. The third kappa shape index (κ3) is 2.55. The van der Waals surface area contributed by atoms with E-state index in [0.717, 1.165) is 11.3 Å². The molecule has 23 heavy (non-hydrogen) atoms. The van der Waals surface area contributed by atoms with E-state index in [2.05, 4.69) is 4.98 Å². The zero-order chi connectivity index (χ0) is 16.6. The smallest absolute Gasteiger partial charge is 0.278 e. The lowest BCUT2D eigenvalue weighted by atomic mass is 10.1. The van der Waals surface area contributed by atoms with Crippen LogP contribution >= 0.6 is 34.7 Å². The second-order valence-corrected chi connectivity index (χ2v) is 6.71. The lowest BCUT2D eigenvalue weighted by Crippen LogP contribution is -2.19. The predicted molar refractivity (Wildman–Crippen MR) is 91.7 cm³/mol. The van der Waals surface area contributed by atoms with Crippen LogP contribution in [0.25, 0.3) is 16.2 Å². The van der Waals surface area contributed by atoms with Crippen LogP contribution in [-0.4, -0.2) is 21.9 Å². The fourth-order valence-electron chi connectivity index (χ4n) is 2.21. The number of benzene rings is 1. The van der Waals surface area contributed by atoms with E-state index in [1.54, 1.807) is 30.5 Å². The maximum absolute atomic E-state index is 12.7. The number of thiazole rings is 1. The summed E-state index contributed by atoms with van der Waals surface area (Å²) in [4.78, 5) is 29.2. The molecule has 2 heterocycles. The number of hydrogen-bond acceptors (Lipinski definition) is 6. The molecule has 0 saturated carbocycles. The van der Waals surface area contributed by atoms with Crippen molar-refractivity contribution in [2.24, 2.45) is 0 Å². The van der Waals surface area contributed by atoms with E-state index in [-0.39, 0.29) is 5.56 Å². The molecule has 0 fully saturated rings. The van der Waals surface area contributed by atoms with Gasteiger partial charge in [-0.05, 0) is 18.4 Å². The van der Waals surface area contributed by atoms with Crippen LogP contribution in [0.3, 0.4) is 0 Å². The first-order valence-electron chi connectivity index (χ1n) is 6.35. The summed E-state index contributed by atoms with van der Waals surface area (Å²) in [5.41, 5.74) is 0.586. The molecule has 0 aliphatic rings. The number of hydrogen-bond donors (Lipinski definition) is 0. The van der Waals surface area contributed by atoms with Crippen molar-refractivity contribution < 1.29 is 4.79 Å². The normalized spacial score (nSPS) is 10.7. The van der Waals surface area contributed by atoms with E-state index in [9.17, 15) is 14.9 Å². The highest BCUT2D eigenvalue weighted by atomic mass is 35.5. The van der Waals surface area contributed by atoms with Gasteiger partial charge in [-0.3, -0.25) is 9.59 Å². The van der Waals surface area contributed by atoms with Gasteiger partial charge < -0.3 is 0 Å².